The lowest BCUT2D eigenvalue weighted by Crippen LogP contribution is -1.94. The number of azide groups is 1. The number of nitrogen functional groups attached to an aromatic ring is 1. The van der Waals surface area contributed by atoms with Crippen LogP contribution in [0.1, 0.15) is 17.7 Å². The smallest absolute Gasteiger partial charge is 0.123 e. The van der Waals surface area contributed by atoms with Gasteiger partial charge in [0.15, 0.2) is 0 Å². The van der Waals surface area contributed by atoms with Crippen molar-refractivity contribution < 1.29 is 0 Å². The normalized spacial score (nSPS) is 8.60. The molecule has 0 aliphatic carbocycles. The van der Waals surface area contributed by atoms with E-state index in [2.05, 4.69) is 26.9 Å². The van der Waals surface area contributed by atoms with Crippen LogP contribution in [-0.2, 0) is 0 Å². The summed E-state index contributed by atoms with van der Waals surface area (Å²) in [5.74, 6) is 6.34. The highest BCUT2D eigenvalue weighted by Gasteiger charge is 1.95. The van der Waals surface area contributed by atoms with E-state index in [4.69, 9.17) is 11.3 Å². The van der Waals surface area contributed by atoms with Gasteiger partial charge in [0.1, 0.15) is 5.82 Å². The van der Waals surface area contributed by atoms with Crippen LogP contribution in [0.5, 0.6) is 0 Å². The van der Waals surface area contributed by atoms with E-state index >= 15 is 0 Å². The standard InChI is InChI=1S/C10H11N5/c1-8-9(5-6-10(11)14-8)4-2-3-7-13-15-12/h5-6H,3,7H2,1H3,(H2,11,14). The van der Waals surface area contributed by atoms with E-state index in [1.54, 1.807) is 6.07 Å². The van der Waals surface area contributed by atoms with E-state index in [0.717, 1.165) is 11.3 Å². The van der Waals surface area contributed by atoms with E-state index in [9.17, 15) is 0 Å². The molecule has 2 N–H and O–H groups in total. The molecule has 0 spiro atoms. The molecule has 5 heteroatoms. The largest absolute Gasteiger partial charge is 0.384 e. The summed E-state index contributed by atoms with van der Waals surface area (Å²) in [5, 5.41) is 3.38. The van der Waals surface area contributed by atoms with Crippen molar-refractivity contribution in [2.45, 2.75) is 13.3 Å². The summed E-state index contributed by atoms with van der Waals surface area (Å²) in [6.45, 7) is 2.25. The summed E-state index contributed by atoms with van der Waals surface area (Å²) in [6.07, 6.45) is 0.549. The monoisotopic (exact) mass is 201 g/mol. The predicted octanol–water partition coefficient (Wildman–Crippen LogP) is 2.02. The highest BCUT2D eigenvalue weighted by molar-refractivity contribution is 5.42. The molecule has 0 radical (unpaired) electrons. The predicted molar refractivity (Wildman–Crippen MR) is 58.9 cm³/mol. The minimum absolute atomic E-state index is 0.394. The Labute approximate surface area is 87.9 Å². The van der Waals surface area contributed by atoms with Gasteiger partial charge in [-0.1, -0.05) is 17.0 Å². The third-order valence-corrected chi connectivity index (χ3v) is 1.73. The first kappa shape index (κ1) is 10.9. The van der Waals surface area contributed by atoms with E-state index < -0.39 is 0 Å². The number of anilines is 1. The first-order valence-electron chi connectivity index (χ1n) is 4.47. The molecule has 0 aliphatic rings. The van der Waals surface area contributed by atoms with Gasteiger partial charge in [-0.05, 0) is 24.6 Å². The molecule has 0 unspecified atom stereocenters. The number of hydrogen-bond donors (Lipinski definition) is 1. The fraction of sp³-hybridized carbons (Fsp3) is 0.300. The summed E-state index contributed by atoms with van der Waals surface area (Å²) in [6, 6.07) is 3.54. The van der Waals surface area contributed by atoms with Gasteiger partial charge in [-0.3, -0.25) is 0 Å². The molecule has 0 saturated heterocycles. The van der Waals surface area contributed by atoms with Crippen molar-refractivity contribution >= 4 is 5.82 Å². The molecule has 15 heavy (non-hydrogen) atoms. The Balaban J connectivity index is 2.67. The van der Waals surface area contributed by atoms with Gasteiger partial charge >= 0.3 is 0 Å². The topological polar surface area (TPSA) is 87.7 Å². The van der Waals surface area contributed by atoms with Crippen molar-refractivity contribution in [3.8, 4) is 11.8 Å². The first-order chi connectivity index (χ1) is 7.24. The molecule has 0 amide bonds. The van der Waals surface area contributed by atoms with Gasteiger partial charge in [-0.15, -0.1) is 0 Å². The third-order valence-electron chi connectivity index (χ3n) is 1.73. The number of aromatic nitrogens is 1. The Bertz CT molecular complexity index is 449. The highest BCUT2D eigenvalue weighted by Crippen LogP contribution is 2.05. The van der Waals surface area contributed by atoms with Crippen LogP contribution >= 0.6 is 0 Å². The van der Waals surface area contributed by atoms with Gasteiger partial charge in [0, 0.05) is 23.4 Å². The Hall–Kier alpha value is -2.18. The Morgan fingerprint density at radius 1 is 1.60 bits per heavy atom. The van der Waals surface area contributed by atoms with Crippen LogP contribution in [0.3, 0.4) is 0 Å². The number of nitrogens with two attached hydrogens (primary N) is 1. The number of rotatable bonds is 2. The van der Waals surface area contributed by atoms with Gasteiger partial charge in [0.25, 0.3) is 0 Å². The SMILES string of the molecule is Cc1nc(N)ccc1C#CCCN=[N+]=[N-]. The van der Waals surface area contributed by atoms with Crippen molar-refractivity contribution in [1.82, 2.24) is 4.98 Å². The van der Waals surface area contributed by atoms with Crippen LogP contribution in [0.2, 0.25) is 0 Å². The highest BCUT2D eigenvalue weighted by atomic mass is 15.1. The van der Waals surface area contributed by atoms with E-state index in [1.165, 1.54) is 0 Å². The molecule has 0 saturated carbocycles. The van der Waals surface area contributed by atoms with Crippen molar-refractivity contribution in [2.24, 2.45) is 5.11 Å². The summed E-state index contributed by atoms with van der Waals surface area (Å²) >= 11 is 0. The molecule has 0 bridgehead atoms. The summed E-state index contributed by atoms with van der Waals surface area (Å²) in [7, 11) is 0. The van der Waals surface area contributed by atoms with Crippen LogP contribution in [0.4, 0.5) is 5.82 Å². The Kier molecular flexibility index (Phi) is 4.02. The molecule has 0 aliphatic heterocycles. The zero-order valence-corrected chi connectivity index (χ0v) is 8.44. The summed E-state index contributed by atoms with van der Waals surface area (Å²) < 4.78 is 0. The minimum Gasteiger partial charge on any atom is -0.384 e. The molecular weight excluding hydrogens is 190 g/mol. The lowest BCUT2D eigenvalue weighted by Gasteiger charge is -1.97. The van der Waals surface area contributed by atoms with Crippen LogP contribution in [0.25, 0.3) is 10.4 Å². The maximum atomic E-state index is 8.04. The van der Waals surface area contributed by atoms with Gasteiger partial charge in [-0.2, -0.15) is 0 Å². The average molecular weight is 201 g/mol. The molecule has 76 valence electrons. The quantitative estimate of drug-likeness (QED) is 0.261. The minimum atomic E-state index is 0.394. The van der Waals surface area contributed by atoms with E-state index in [0.29, 0.717) is 18.8 Å². The van der Waals surface area contributed by atoms with E-state index in [1.807, 2.05) is 13.0 Å². The zero-order valence-electron chi connectivity index (χ0n) is 8.44. The van der Waals surface area contributed by atoms with Crippen LogP contribution in [0, 0.1) is 18.8 Å². The first-order valence-corrected chi connectivity index (χ1v) is 4.47. The molecule has 5 nitrogen and oxygen atoms in total. The number of nitrogens with zero attached hydrogens (tertiary/aromatic N) is 4. The maximum absolute atomic E-state index is 8.04. The number of pyridine rings is 1. The van der Waals surface area contributed by atoms with Gasteiger partial charge in [-0.25, -0.2) is 4.98 Å². The lowest BCUT2D eigenvalue weighted by molar-refractivity contribution is 1.01. The van der Waals surface area contributed by atoms with Crippen LogP contribution in [0.15, 0.2) is 17.2 Å². The van der Waals surface area contributed by atoms with Gasteiger partial charge in [0.2, 0.25) is 0 Å². The maximum Gasteiger partial charge on any atom is 0.123 e. The second-order valence-corrected chi connectivity index (χ2v) is 2.88. The summed E-state index contributed by atoms with van der Waals surface area (Å²) in [4.78, 5) is 6.72. The average Bonchev–Trinajstić information content (AvgIpc) is 2.20. The molecule has 1 aromatic heterocycles. The van der Waals surface area contributed by atoms with Crippen LogP contribution < -0.4 is 5.73 Å². The van der Waals surface area contributed by atoms with Crippen molar-refractivity contribution in [1.29, 1.82) is 0 Å². The van der Waals surface area contributed by atoms with Gasteiger partial charge < -0.3 is 5.73 Å². The Morgan fingerprint density at radius 3 is 3.07 bits per heavy atom. The molecule has 1 aromatic rings. The molecule has 0 aromatic carbocycles. The Morgan fingerprint density at radius 2 is 2.40 bits per heavy atom. The second kappa shape index (κ2) is 5.53. The molecule has 0 fully saturated rings. The second-order valence-electron chi connectivity index (χ2n) is 2.88. The third kappa shape index (κ3) is 3.59. The summed E-state index contributed by atoms with van der Waals surface area (Å²) in [5.41, 5.74) is 15.2. The van der Waals surface area contributed by atoms with Crippen molar-refractivity contribution in [3.05, 3.63) is 33.8 Å². The molecule has 0 atom stereocenters. The van der Waals surface area contributed by atoms with Crippen molar-refractivity contribution in [3.63, 3.8) is 0 Å². The van der Waals surface area contributed by atoms with Crippen molar-refractivity contribution in [2.75, 3.05) is 12.3 Å². The number of aryl methyl sites for hydroxylation is 1. The van der Waals surface area contributed by atoms with E-state index in [-0.39, 0.29) is 0 Å². The lowest BCUT2D eigenvalue weighted by atomic mass is 10.2. The zero-order chi connectivity index (χ0) is 11.1. The molecule has 1 rings (SSSR count). The van der Waals surface area contributed by atoms with Crippen LogP contribution in [-0.4, -0.2) is 11.5 Å². The number of hydrogen-bond acceptors (Lipinski definition) is 3. The molecule has 1 heterocycles. The van der Waals surface area contributed by atoms with Gasteiger partial charge in [0.05, 0.1) is 5.69 Å². The fourth-order valence-corrected chi connectivity index (χ4v) is 1.02. The fourth-order valence-electron chi connectivity index (χ4n) is 1.02. The molecular formula is C10H11N5.